The number of nitrogens with zero attached hydrogens (tertiary/aromatic N) is 2. The van der Waals surface area contributed by atoms with Crippen LogP contribution in [0.3, 0.4) is 0 Å². The number of pyridine rings is 2. The van der Waals surface area contributed by atoms with Crippen molar-refractivity contribution in [2.75, 3.05) is 6.61 Å². The molecule has 3 aromatic carbocycles. The standard InChI is InChI=1S/2C13H13NS.C9H9F3O/c1-11-2-4-13(5-3-11)15-10-12-6-8-14-9-7-12;1-11-5-7-13(8-6-11)15-10-12-4-2-3-9-14-12;1-7-2-4-8(5-3-7)13-6-9(10,11)12/h2*2-9H,10H2,1H3;2-5H,6H2,1H3. The predicted octanol–water partition coefficient (Wildman–Crippen LogP) is 10.3. The minimum atomic E-state index is -4.27. The quantitative estimate of drug-likeness (QED) is 0.161. The zero-order valence-corrected chi connectivity index (χ0v) is 26.1. The summed E-state index contributed by atoms with van der Waals surface area (Å²) in [5.41, 5.74) is 6.04. The monoisotopic (exact) mass is 620 g/mol. The molecule has 224 valence electrons. The molecule has 0 bridgehead atoms. The summed E-state index contributed by atoms with van der Waals surface area (Å²) in [6.45, 7) is 4.83. The van der Waals surface area contributed by atoms with Crippen molar-refractivity contribution in [3.8, 4) is 5.75 Å². The van der Waals surface area contributed by atoms with Gasteiger partial charge in [-0.3, -0.25) is 9.97 Å². The van der Waals surface area contributed by atoms with Crippen molar-refractivity contribution in [1.82, 2.24) is 9.97 Å². The number of aryl methyl sites for hydroxylation is 3. The third-order valence-corrected chi connectivity index (χ3v) is 7.86. The van der Waals surface area contributed by atoms with Gasteiger partial charge in [0.25, 0.3) is 0 Å². The van der Waals surface area contributed by atoms with Gasteiger partial charge in [0.1, 0.15) is 5.75 Å². The first-order valence-corrected chi connectivity index (χ1v) is 15.6. The van der Waals surface area contributed by atoms with Crippen molar-refractivity contribution in [2.45, 2.75) is 48.2 Å². The molecule has 5 rings (SSSR count). The Hall–Kier alpha value is -3.75. The molecule has 0 radical (unpaired) electrons. The lowest BCUT2D eigenvalue weighted by molar-refractivity contribution is -0.153. The SMILES string of the molecule is Cc1ccc(OCC(F)(F)F)cc1.Cc1ccc(SCc2ccccn2)cc1.Cc1ccc(SCc2ccncc2)cc1. The van der Waals surface area contributed by atoms with Gasteiger partial charge in [-0.2, -0.15) is 13.2 Å². The Morgan fingerprint density at radius 3 is 1.60 bits per heavy atom. The minimum absolute atomic E-state index is 0.239. The topological polar surface area (TPSA) is 35.0 Å². The number of rotatable bonds is 8. The number of hydrogen-bond acceptors (Lipinski definition) is 5. The van der Waals surface area contributed by atoms with Gasteiger partial charge in [0.2, 0.25) is 0 Å². The van der Waals surface area contributed by atoms with E-state index in [0.717, 1.165) is 22.8 Å². The molecule has 0 fully saturated rings. The van der Waals surface area contributed by atoms with E-state index in [2.05, 4.69) is 95.3 Å². The summed E-state index contributed by atoms with van der Waals surface area (Å²) in [6, 6.07) is 33.8. The number of thioether (sulfide) groups is 2. The molecule has 8 heteroatoms. The van der Waals surface area contributed by atoms with E-state index in [1.54, 1.807) is 12.1 Å². The van der Waals surface area contributed by atoms with Crippen LogP contribution < -0.4 is 4.74 Å². The van der Waals surface area contributed by atoms with Crippen molar-refractivity contribution < 1.29 is 17.9 Å². The average molecular weight is 621 g/mol. The lowest BCUT2D eigenvalue weighted by Crippen LogP contribution is -2.19. The normalized spacial score (nSPS) is 10.6. The summed E-state index contributed by atoms with van der Waals surface area (Å²) in [5, 5.41) is 0. The average Bonchev–Trinajstić information content (AvgIpc) is 3.02. The summed E-state index contributed by atoms with van der Waals surface area (Å²) in [7, 11) is 0. The zero-order chi connectivity index (χ0) is 30.9. The zero-order valence-electron chi connectivity index (χ0n) is 24.4. The Morgan fingerprint density at radius 2 is 1.12 bits per heavy atom. The molecule has 0 saturated heterocycles. The second-order valence-electron chi connectivity index (χ2n) is 9.60. The van der Waals surface area contributed by atoms with Crippen molar-refractivity contribution in [1.29, 1.82) is 0 Å². The maximum absolute atomic E-state index is 11.7. The molecule has 2 aromatic heterocycles. The van der Waals surface area contributed by atoms with Crippen molar-refractivity contribution in [3.63, 3.8) is 0 Å². The van der Waals surface area contributed by atoms with Gasteiger partial charge in [0.15, 0.2) is 6.61 Å². The molecule has 5 aromatic rings. The molecule has 0 N–H and O–H groups in total. The predicted molar refractivity (Wildman–Crippen MR) is 173 cm³/mol. The maximum Gasteiger partial charge on any atom is 0.422 e. The first-order chi connectivity index (χ1) is 20.7. The number of alkyl halides is 3. The van der Waals surface area contributed by atoms with Crippen molar-refractivity contribution in [2.24, 2.45) is 0 Å². The number of hydrogen-bond donors (Lipinski definition) is 0. The van der Waals surface area contributed by atoms with Crippen LogP contribution in [0.1, 0.15) is 27.9 Å². The Kier molecular flexibility index (Phi) is 14.2. The van der Waals surface area contributed by atoms with Crippen LogP contribution in [0.25, 0.3) is 0 Å². The number of ether oxygens (including phenoxy) is 1. The molecule has 0 saturated carbocycles. The summed E-state index contributed by atoms with van der Waals surface area (Å²) in [5.74, 6) is 2.18. The molecule has 3 nitrogen and oxygen atoms in total. The van der Waals surface area contributed by atoms with Crippen LogP contribution in [0.4, 0.5) is 13.2 Å². The summed E-state index contributed by atoms with van der Waals surface area (Å²) in [4.78, 5) is 10.9. The van der Waals surface area contributed by atoms with Crippen LogP contribution in [-0.2, 0) is 11.5 Å². The second-order valence-corrected chi connectivity index (χ2v) is 11.7. The largest absolute Gasteiger partial charge is 0.484 e. The van der Waals surface area contributed by atoms with E-state index in [0.29, 0.717) is 0 Å². The van der Waals surface area contributed by atoms with Crippen molar-refractivity contribution in [3.05, 3.63) is 150 Å². The Labute approximate surface area is 261 Å². The Morgan fingerprint density at radius 1 is 0.605 bits per heavy atom. The van der Waals surface area contributed by atoms with Crippen LogP contribution in [0.15, 0.2) is 132 Å². The lowest BCUT2D eigenvalue weighted by Gasteiger charge is -2.08. The van der Waals surface area contributed by atoms with Gasteiger partial charge in [-0.15, -0.1) is 23.5 Å². The fourth-order valence-electron chi connectivity index (χ4n) is 3.36. The number of benzene rings is 3. The Bertz CT molecular complexity index is 1360. The van der Waals surface area contributed by atoms with Crippen LogP contribution in [0, 0.1) is 20.8 Å². The highest BCUT2D eigenvalue weighted by Gasteiger charge is 2.28. The molecule has 0 spiro atoms. The lowest BCUT2D eigenvalue weighted by atomic mass is 10.2. The van der Waals surface area contributed by atoms with E-state index in [1.807, 2.05) is 61.2 Å². The summed E-state index contributed by atoms with van der Waals surface area (Å²) >= 11 is 3.67. The molecule has 0 aliphatic rings. The van der Waals surface area contributed by atoms with E-state index in [4.69, 9.17) is 0 Å². The Balaban J connectivity index is 0.000000177. The molecule has 0 aliphatic heterocycles. The van der Waals surface area contributed by atoms with Gasteiger partial charge < -0.3 is 4.74 Å². The highest BCUT2D eigenvalue weighted by molar-refractivity contribution is 7.98. The van der Waals surface area contributed by atoms with Gasteiger partial charge in [-0.25, -0.2) is 0 Å². The van der Waals surface area contributed by atoms with Gasteiger partial charge in [-0.05, 0) is 87.0 Å². The van der Waals surface area contributed by atoms with Gasteiger partial charge in [0, 0.05) is 39.9 Å². The van der Waals surface area contributed by atoms with E-state index >= 15 is 0 Å². The van der Waals surface area contributed by atoms with Gasteiger partial charge >= 0.3 is 6.18 Å². The van der Waals surface area contributed by atoms with Crippen LogP contribution in [0.2, 0.25) is 0 Å². The molecule has 0 amide bonds. The molecule has 0 atom stereocenters. The van der Waals surface area contributed by atoms with Crippen molar-refractivity contribution >= 4 is 23.5 Å². The fourth-order valence-corrected chi connectivity index (χ4v) is 5.02. The van der Waals surface area contributed by atoms with Gasteiger partial charge in [0.05, 0.1) is 5.69 Å². The minimum Gasteiger partial charge on any atom is -0.484 e. The first-order valence-electron chi connectivity index (χ1n) is 13.6. The van der Waals surface area contributed by atoms with E-state index in [1.165, 1.54) is 38.6 Å². The molecular weight excluding hydrogens is 586 g/mol. The van der Waals surface area contributed by atoms with E-state index in [-0.39, 0.29) is 5.75 Å². The number of halogens is 3. The van der Waals surface area contributed by atoms with E-state index in [9.17, 15) is 13.2 Å². The van der Waals surface area contributed by atoms with E-state index < -0.39 is 12.8 Å². The molecular formula is C35H35F3N2OS2. The molecule has 0 aliphatic carbocycles. The molecule has 0 unspecified atom stereocenters. The van der Waals surface area contributed by atoms with Crippen LogP contribution in [-0.4, -0.2) is 22.8 Å². The van der Waals surface area contributed by atoms with Crippen LogP contribution in [0.5, 0.6) is 5.75 Å². The third-order valence-electron chi connectivity index (χ3n) is 5.73. The highest BCUT2D eigenvalue weighted by Crippen LogP contribution is 2.23. The molecule has 2 heterocycles. The maximum atomic E-state index is 11.7. The smallest absolute Gasteiger partial charge is 0.422 e. The van der Waals surface area contributed by atoms with Crippen LogP contribution >= 0.6 is 23.5 Å². The molecule has 43 heavy (non-hydrogen) atoms. The fraction of sp³-hybridized carbons (Fsp3) is 0.200. The van der Waals surface area contributed by atoms with Gasteiger partial charge in [-0.1, -0.05) is 59.2 Å². The third kappa shape index (κ3) is 14.8. The summed E-state index contributed by atoms with van der Waals surface area (Å²) in [6.07, 6.45) is 1.24. The summed E-state index contributed by atoms with van der Waals surface area (Å²) < 4.78 is 39.6. The number of aromatic nitrogens is 2. The second kappa shape index (κ2) is 18.0. The highest BCUT2D eigenvalue weighted by atomic mass is 32.2. The first kappa shape index (κ1) is 33.7.